The molecule has 3 heterocycles. The molecule has 1 aliphatic heterocycles. The van der Waals surface area contributed by atoms with E-state index in [1.807, 2.05) is 0 Å². The molecule has 0 aliphatic carbocycles. The Kier molecular flexibility index (Phi) is 3.37. The van der Waals surface area contributed by atoms with E-state index in [1.165, 1.54) is 12.1 Å². The molecule has 2 N–H and O–H groups in total. The number of nitrogens with one attached hydrogen (secondary N) is 2. The van der Waals surface area contributed by atoms with Crippen LogP contribution in [-0.4, -0.2) is 22.4 Å². The Morgan fingerprint density at radius 1 is 1.00 bits per heavy atom. The number of rotatable bonds is 2. The number of aromatic nitrogens is 2. The van der Waals surface area contributed by atoms with Crippen LogP contribution in [0, 0.1) is 11.6 Å². The van der Waals surface area contributed by atoms with Crippen LogP contribution in [0.2, 0.25) is 0 Å². The van der Waals surface area contributed by atoms with E-state index < -0.39 is 11.6 Å². The smallest absolute Gasteiger partial charge is 0.253 e. The second kappa shape index (κ2) is 5.56. The number of hydrogen-bond acceptors (Lipinski definition) is 2. The van der Waals surface area contributed by atoms with Crippen molar-refractivity contribution >= 4 is 5.91 Å². The predicted octanol–water partition coefficient (Wildman–Crippen LogP) is 3.31. The minimum atomic E-state index is -0.533. The molecular weight excluding hydrogens is 312 g/mol. The lowest BCUT2D eigenvalue weighted by atomic mass is 10.1. The SMILES string of the molecule is O=C1NCCc2[nH]c(-c3cc(-c4ccccc4F)ncc3F)cc21. The standard InChI is InChI=1S/C18H13F2N3O/c19-13-4-2-1-3-10(13)16-7-11(14(20)9-22-16)17-8-12-15(23-17)5-6-21-18(12)24/h1-4,7-9,23H,5-6H2,(H,21,24). The third kappa shape index (κ3) is 2.36. The Labute approximate surface area is 136 Å². The van der Waals surface area contributed by atoms with E-state index in [-0.39, 0.29) is 11.5 Å². The number of benzene rings is 1. The number of halogens is 2. The van der Waals surface area contributed by atoms with Gasteiger partial charge in [0.1, 0.15) is 5.82 Å². The van der Waals surface area contributed by atoms with E-state index >= 15 is 0 Å². The van der Waals surface area contributed by atoms with Crippen molar-refractivity contribution in [2.24, 2.45) is 0 Å². The minimum Gasteiger partial charge on any atom is -0.358 e. The van der Waals surface area contributed by atoms with Gasteiger partial charge in [0, 0.05) is 35.5 Å². The molecule has 1 amide bonds. The van der Waals surface area contributed by atoms with E-state index in [0.29, 0.717) is 35.5 Å². The first-order valence-corrected chi connectivity index (χ1v) is 7.54. The lowest BCUT2D eigenvalue weighted by Gasteiger charge is -2.11. The van der Waals surface area contributed by atoms with E-state index in [1.54, 1.807) is 24.3 Å². The van der Waals surface area contributed by atoms with Crippen LogP contribution in [0.3, 0.4) is 0 Å². The van der Waals surface area contributed by atoms with E-state index in [9.17, 15) is 13.6 Å². The Morgan fingerprint density at radius 2 is 1.83 bits per heavy atom. The van der Waals surface area contributed by atoms with Crippen molar-refractivity contribution in [3.8, 4) is 22.5 Å². The van der Waals surface area contributed by atoms with Gasteiger partial charge in [-0.15, -0.1) is 0 Å². The van der Waals surface area contributed by atoms with Crippen LogP contribution in [0.1, 0.15) is 16.1 Å². The lowest BCUT2D eigenvalue weighted by molar-refractivity contribution is 0.0946. The van der Waals surface area contributed by atoms with Crippen LogP contribution >= 0.6 is 0 Å². The summed E-state index contributed by atoms with van der Waals surface area (Å²) in [7, 11) is 0. The molecule has 0 atom stereocenters. The summed E-state index contributed by atoms with van der Waals surface area (Å²) in [5, 5.41) is 2.75. The summed E-state index contributed by atoms with van der Waals surface area (Å²) in [6.07, 6.45) is 1.73. The molecule has 6 heteroatoms. The zero-order valence-corrected chi connectivity index (χ0v) is 12.6. The maximum atomic E-state index is 14.3. The van der Waals surface area contributed by atoms with Gasteiger partial charge >= 0.3 is 0 Å². The maximum Gasteiger partial charge on any atom is 0.253 e. The van der Waals surface area contributed by atoms with Crippen LogP contribution in [-0.2, 0) is 6.42 Å². The number of hydrogen-bond donors (Lipinski definition) is 2. The van der Waals surface area contributed by atoms with Gasteiger partial charge in [-0.05, 0) is 24.3 Å². The summed E-state index contributed by atoms with van der Waals surface area (Å²) in [6.45, 7) is 0.547. The van der Waals surface area contributed by atoms with Crippen LogP contribution in [0.25, 0.3) is 22.5 Å². The van der Waals surface area contributed by atoms with Gasteiger partial charge in [-0.3, -0.25) is 9.78 Å². The van der Waals surface area contributed by atoms with Gasteiger partial charge in [0.25, 0.3) is 5.91 Å². The van der Waals surface area contributed by atoms with Crippen LogP contribution in [0.5, 0.6) is 0 Å². The Morgan fingerprint density at radius 3 is 2.62 bits per heavy atom. The molecular formula is C18H13F2N3O. The van der Waals surface area contributed by atoms with Crippen LogP contribution in [0.4, 0.5) is 8.78 Å². The number of carbonyl (C=O) groups is 1. The van der Waals surface area contributed by atoms with Crippen LogP contribution in [0.15, 0.2) is 42.6 Å². The predicted molar refractivity (Wildman–Crippen MR) is 85.4 cm³/mol. The third-order valence-electron chi connectivity index (χ3n) is 4.10. The van der Waals surface area contributed by atoms with Crippen molar-refractivity contribution in [3.05, 3.63) is 65.5 Å². The molecule has 4 rings (SSSR count). The molecule has 1 aromatic carbocycles. The molecule has 3 aromatic rings. The van der Waals surface area contributed by atoms with Gasteiger partial charge in [-0.25, -0.2) is 8.78 Å². The fraction of sp³-hybridized carbons (Fsp3) is 0.111. The number of pyridine rings is 1. The number of nitrogens with zero attached hydrogens (tertiary/aromatic N) is 1. The molecule has 0 unspecified atom stereocenters. The zero-order valence-electron chi connectivity index (χ0n) is 12.6. The number of fused-ring (bicyclic) bond motifs is 1. The average molecular weight is 325 g/mol. The maximum absolute atomic E-state index is 14.3. The van der Waals surface area contributed by atoms with Crippen molar-refractivity contribution in [2.45, 2.75) is 6.42 Å². The van der Waals surface area contributed by atoms with Crippen molar-refractivity contribution < 1.29 is 13.6 Å². The number of carbonyl (C=O) groups excluding carboxylic acids is 1. The zero-order chi connectivity index (χ0) is 16.7. The summed E-state index contributed by atoms with van der Waals surface area (Å²) in [5.74, 6) is -1.13. The monoisotopic (exact) mass is 325 g/mol. The summed E-state index contributed by atoms with van der Waals surface area (Å²) in [5.41, 5.74) is 2.66. The van der Waals surface area contributed by atoms with Crippen LogP contribution < -0.4 is 5.32 Å². The fourth-order valence-corrected chi connectivity index (χ4v) is 2.90. The Balaban J connectivity index is 1.83. The van der Waals surface area contributed by atoms with Gasteiger partial charge in [-0.1, -0.05) is 12.1 Å². The fourth-order valence-electron chi connectivity index (χ4n) is 2.90. The molecule has 1 aliphatic rings. The molecule has 24 heavy (non-hydrogen) atoms. The highest BCUT2D eigenvalue weighted by molar-refractivity contribution is 5.97. The molecule has 4 nitrogen and oxygen atoms in total. The number of H-pyrrole nitrogens is 1. The minimum absolute atomic E-state index is 0.178. The molecule has 0 saturated carbocycles. The van der Waals surface area contributed by atoms with Gasteiger partial charge in [0.15, 0.2) is 5.82 Å². The van der Waals surface area contributed by atoms with E-state index in [2.05, 4.69) is 15.3 Å². The summed E-state index contributed by atoms with van der Waals surface area (Å²) < 4.78 is 28.2. The highest BCUT2D eigenvalue weighted by Crippen LogP contribution is 2.30. The molecule has 0 fully saturated rings. The first kappa shape index (κ1) is 14.6. The second-order valence-electron chi connectivity index (χ2n) is 5.61. The van der Waals surface area contributed by atoms with Crippen molar-refractivity contribution in [1.82, 2.24) is 15.3 Å². The molecule has 120 valence electrons. The van der Waals surface area contributed by atoms with Crippen molar-refractivity contribution in [1.29, 1.82) is 0 Å². The first-order chi connectivity index (χ1) is 11.6. The summed E-state index contributed by atoms with van der Waals surface area (Å²) in [6, 6.07) is 9.31. The summed E-state index contributed by atoms with van der Waals surface area (Å²) >= 11 is 0. The second-order valence-corrected chi connectivity index (χ2v) is 5.61. The Hall–Kier alpha value is -3.02. The van der Waals surface area contributed by atoms with Gasteiger partial charge in [0.05, 0.1) is 17.5 Å². The molecule has 0 radical (unpaired) electrons. The van der Waals surface area contributed by atoms with Gasteiger partial charge in [0.2, 0.25) is 0 Å². The van der Waals surface area contributed by atoms with Gasteiger partial charge < -0.3 is 10.3 Å². The quantitative estimate of drug-likeness (QED) is 0.759. The van der Waals surface area contributed by atoms with Crippen molar-refractivity contribution in [2.75, 3.05) is 6.54 Å². The van der Waals surface area contributed by atoms with Gasteiger partial charge in [-0.2, -0.15) is 0 Å². The molecule has 0 spiro atoms. The number of aromatic amines is 1. The van der Waals surface area contributed by atoms with Crippen molar-refractivity contribution in [3.63, 3.8) is 0 Å². The average Bonchev–Trinajstić information content (AvgIpc) is 3.01. The topological polar surface area (TPSA) is 57.8 Å². The normalized spacial score (nSPS) is 13.5. The highest BCUT2D eigenvalue weighted by Gasteiger charge is 2.21. The molecule has 0 bridgehead atoms. The largest absolute Gasteiger partial charge is 0.358 e. The third-order valence-corrected chi connectivity index (χ3v) is 4.10. The van der Waals surface area contributed by atoms with E-state index in [0.717, 1.165) is 11.9 Å². The first-order valence-electron chi connectivity index (χ1n) is 7.54. The lowest BCUT2D eigenvalue weighted by Crippen LogP contribution is -2.31. The summed E-state index contributed by atoms with van der Waals surface area (Å²) in [4.78, 5) is 18.9. The molecule has 2 aromatic heterocycles. The Bertz CT molecular complexity index is 949. The number of amides is 1. The molecule has 0 saturated heterocycles. The van der Waals surface area contributed by atoms with E-state index in [4.69, 9.17) is 0 Å². The highest BCUT2D eigenvalue weighted by atomic mass is 19.1.